The predicted molar refractivity (Wildman–Crippen MR) is 73.2 cm³/mol. The van der Waals surface area contributed by atoms with E-state index in [1.54, 1.807) is 24.7 Å². The highest BCUT2D eigenvalue weighted by Gasteiger charge is 2.16. The van der Waals surface area contributed by atoms with Crippen LogP contribution in [-0.2, 0) is 19.7 Å². The van der Waals surface area contributed by atoms with Crippen LogP contribution in [0.5, 0.6) is 5.75 Å². The van der Waals surface area contributed by atoms with Gasteiger partial charge in [0.05, 0.1) is 23.1 Å². The van der Waals surface area contributed by atoms with Crippen molar-refractivity contribution in [1.82, 2.24) is 9.55 Å². The van der Waals surface area contributed by atoms with Crippen molar-refractivity contribution in [3.63, 3.8) is 0 Å². The lowest BCUT2D eigenvalue weighted by atomic mass is 10.2. The van der Waals surface area contributed by atoms with Crippen molar-refractivity contribution >= 4 is 5.69 Å². The predicted octanol–water partition coefficient (Wildman–Crippen LogP) is 1.85. The highest BCUT2D eigenvalue weighted by atomic mass is 16.6. The number of aromatic nitrogens is 2. The first kappa shape index (κ1) is 14.0. The van der Waals surface area contributed by atoms with Gasteiger partial charge in [0.2, 0.25) is 0 Å². The summed E-state index contributed by atoms with van der Waals surface area (Å²) in [7, 11) is 0. The van der Waals surface area contributed by atoms with Crippen molar-refractivity contribution in [1.29, 1.82) is 0 Å². The number of hydrogen-bond acceptors (Lipinski definition) is 5. The van der Waals surface area contributed by atoms with Crippen LogP contribution in [-0.4, -0.2) is 14.5 Å². The van der Waals surface area contributed by atoms with Gasteiger partial charge >= 0.3 is 5.69 Å². The molecule has 1 aromatic heterocycles. The fourth-order valence-corrected chi connectivity index (χ4v) is 1.86. The maximum atomic E-state index is 11.0. The van der Waals surface area contributed by atoms with E-state index in [9.17, 15) is 10.1 Å². The van der Waals surface area contributed by atoms with Gasteiger partial charge in [-0.25, -0.2) is 4.98 Å². The Labute approximate surface area is 116 Å². The van der Waals surface area contributed by atoms with E-state index in [1.807, 2.05) is 11.5 Å². The number of nitrogens with zero attached hydrogens (tertiary/aromatic N) is 3. The van der Waals surface area contributed by atoms with Crippen molar-refractivity contribution in [3.05, 3.63) is 52.1 Å². The quantitative estimate of drug-likeness (QED) is 0.641. The van der Waals surface area contributed by atoms with Gasteiger partial charge in [-0.2, -0.15) is 0 Å². The first-order valence-electron chi connectivity index (χ1n) is 6.25. The standard InChI is InChI=1S/C13H16N4O3/c1-2-16-9-15-7-11(16)8-20-13-5-10(6-14)3-4-12(13)17(18)19/h3-5,7,9H,2,6,8,14H2,1H3. The molecule has 0 saturated carbocycles. The maximum absolute atomic E-state index is 11.0. The molecule has 0 bridgehead atoms. The minimum Gasteiger partial charge on any atom is -0.480 e. The van der Waals surface area contributed by atoms with E-state index >= 15 is 0 Å². The summed E-state index contributed by atoms with van der Waals surface area (Å²) in [5.74, 6) is 0.224. The number of ether oxygens (including phenoxy) is 1. The second-order valence-corrected chi connectivity index (χ2v) is 4.22. The molecule has 20 heavy (non-hydrogen) atoms. The van der Waals surface area contributed by atoms with Gasteiger partial charge in [0.1, 0.15) is 6.61 Å². The number of nitro groups is 1. The molecule has 0 aliphatic carbocycles. The topological polar surface area (TPSA) is 96.2 Å². The molecule has 0 fully saturated rings. The molecule has 0 saturated heterocycles. The molecule has 0 amide bonds. The van der Waals surface area contributed by atoms with E-state index in [2.05, 4.69) is 4.98 Å². The highest BCUT2D eigenvalue weighted by molar-refractivity contribution is 5.48. The van der Waals surface area contributed by atoms with Gasteiger partial charge in [0.15, 0.2) is 5.75 Å². The van der Waals surface area contributed by atoms with Gasteiger partial charge in [0.25, 0.3) is 0 Å². The third kappa shape index (κ3) is 2.94. The zero-order valence-corrected chi connectivity index (χ0v) is 11.2. The Kier molecular flexibility index (Phi) is 4.31. The van der Waals surface area contributed by atoms with Gasteiger partial charge in [-0.1, -0.05) is 6.07 Å². The monoisotopic (exact) mass is 276 g/mol. The number of benzene rings is 1. The van der Waals surface area contributed by atoms with Crippen LogP contribution in [0, 0.1) is 10.1 Å². The number of nitrogens with two attached hydrogens (primary N) is 1. The third-order valence-electron chi connectivity index (χ3n) is 2.97. The Hall–Kier alpha value is -2.41. The lowest BCUT2D eigenvalue weighted by Gasteiger charge is -2.09. The van der Waals surface area contributed by atoms with Crippen LogP contribution < -0.4 is 10.5 Å². The van der Waals surface area contributed by atoms with E-state index in [-0.39, 0.29) is 18.0 Å². The average molecular weight is 276 g/mol. The molecular weight excluding hydrogens is 260 g/mol. The smallest absolute Gasteiger partial charge is 0.310 e. The number of aryl methyl sites for hydroxylation is 1. The van der Waals surface area contributed by atoms with Crippen molar-refractivity contribution < 1.29 is 9.66 Å². The van der Waals surface area contributed by atoms with Crippen LogP contribution in [0.2, 0.25) is 0 Å². The summed E-state index contributed by atoms with van der Waals surface area (Å²) >= 11 is 0. The van der Waals surface area contributed by atoms with Crippen molar-refractivity contribution in [2.75, 3.05) is 0 Å². The van der Waals surface area contributed by atoms with Crippen LogP contribution in [0.1, 0.15) is 18.2 Å². The van der Waals surface area contributed by atoms with Gasteiger partial charge in [-0.05, 0) is 18.6 Å². The van der Waals surface area contributed by atoms with Crippen LogP contribution in [0.15, 0.2) is 30.7 Å². The van der Waals surface area contributed by atoms with Gasteiger partial charge in [0, 0.05) is 19.2 Å². The molecule has 0 unspecified atom stereocenters. The molecule has 7 heteroatoms. The summed E-state index contributed by atoms with van der Waals surface area (Å²) in [6, 6.07) is 4.64. The molecule has 0 radical (unpaired) electrons. The Balaban J connectivity index is 2.21. The maximum Gasteiger partial charge on any atom is 0.310 e. The number of nitro benzene ring substituents is 1. The summed E-state index contributed by atoms with van der Waals surface area (Å²) in [5.41, 5.74) is 7.12. The van der Waals surface area contributed by atoms with Crippen molar-refractivity contribution in [2.24, 2.45) is 5.73 Å². The summed E-state index contributed by atoms with van der Waals surface area (Å²) in [6.45, 7) is 3.29. The molecule has 0 aliphatic heterocycles. The second-order valence-electron chi connectivity index (χ2n) is 4.22. The summed E-state index contributed by atoms with van der Waals surface area (Å²) in [4.78, 5) is 14.5. The van der Waals surface area contributed by atoms with Gasteiger partial charge < -0.3 is 15.0 Å². The fraction of sp³-hybridized carbons (Fsp3) is 0.308. The molecule has 106 valence electrons. The number of hydrogen-bond donors (Lipinski definition) is 1. The zero-order valence-electron chi connectivity index (χ0n) is 11.2. The average Bonchev–Trinajstić information content (AvgIpc) is 2.91. The van der Waals surface area contributed by atoms with Gasteiger partial charge in [-0.3, -0.25) is 10.1 Å². The Morgan fingerprint density at radius 3 is 2.95 bits per heavy atom. The first-order valence-corrected chi connectivity index (χ1v) is 6.25. The molecule has 1 heterocycles. The molecule has 0 aliphatic rings. The SMILES string of the molecule is CCn1cncc1COc1cc(CN)ccc1[N+](=O)[O-]. The molecule has 2 rings (SSSR count). The molecule has 0 spiro atoms. The van der Waals surface area contributed by atoms with E-state index < -0.39 is 4.92 Å². The molecule has 2 aromatic rings. The molecule has 7 nitrogen and oxygen atoms in total. The third-order valence-corrected chi connectivity index (χ3v) is 2.97. The Morgan fingerprint density at radius 1 is 1.50 bits per heavy atom. The minimum absolute atomic E-state index is 0.0650. The lowest BCUT2D eigenvalue weighted by molar-refractivity contribution is -0.386. The number of imidazole rings is 1. The van der Waals surface area contributed by atoms with Crippen LogP contribution >= 0.6 is 0 Å². The molecular formula is C13H16N4O3. The first-order chi connectivity index (χ1) is 9.65. The Morgan fingerprint density at radius 2 is 2.30 bits per heavy atom. The summed E-state index contributed by atoms with van der Waals surface area (Å²) < 4.78 is 7.49. The summed E-state index contributed by atoms with van der Waals surface area (Å²) in [6.07, 6.45) is 3.38. The normalized spacial score (nSPS) is 10.5. The zero-order chi connectivity index (χ0) is 14.5. The minimum atomic E-state index is -0.466. The highest BCUT2D eigenvalue weighted by Crippen LogP contribution is 2.28. The lowest BCUT2D eigenvalue weighted by Crippen LogP contribution is -2.06. The van der Waals surface area contributed by atoms with E-state index in [0.29, 0.717) is 6.54 Å². The Bertz CT molecular complexity index is 609. The summed E-state index contributed by atoms with van der Waals surface area (Å²) in [5, 5.41) is 11.0. The largest absolute Gasteiger partial charge is 0.480 e. The van der Waals surface area contributed by atoms with Crippen LogP contribution in [0.4, 0.5) is 5.69 Å². The number of rotatable bonds is 6. The van der Waals surface area contributed by atoms with E-state index in [0.717, 1.165) is 17.8 Å². The van der Waals surface area contributed by atoms with Crippen LogP contribution in [0.25, 0.3) is 0 Å². The molecule has 1 aromatic carbocycles. The molecule has 0 atom stereocenters. The van der Waals surface area contributed by atoms with Crippen molar-refractivity contribution in [2.45, 2.75) is 26.6 Å². The molecule has 2 N–H and O–H groups in total. The second kappa shape index (κ2) is 6.16. The van der Waals surface area contributed by atoms with Crippen LogP contribution in [0.3, 0.4) is 0 Å². The van der Waals surface area contributed by atoms with E-state index in [1.165, 1.54) is 6.07 Å². The van der Waals surface area contributed by atoms with Gasteiger partial charge in [-0.15, -0.1) is 0 Å². The van der Waals surface area contributed by atoms with E-state index in [4.69, 9.17) is 10.5 Å². The van der Waals surface area contributed by atoms with Crippen molar-refractivity contribution in [3.8, 4) is 5.75 Å². The fourth-order valence-electron chi connectivity index (χ4n) is 1.86.